The second-order valence-corrected chi connectivity index (χ2v) is 2.88. The third-order valence-electron chi connectivity index (χ3n) is 1.98. The Morgan fingerprint density at radius 1 is 1.36 bits per heavy atom. The van der Waals surface area contributed by atoms with Crippen LogP contribution < -0.4 is 16.3 Å². The maximum Gasteiger partial charge on any atom is 0.309 e. The molecule has 0 aliphatic rings. The number of fused-ring (bicyclic) bond motifs is 1. The summed E-state index contributed by atoms with van der Waals surface area (Å²) in [4.78, 5) is 0.362. The molecular weight excluding hydrogens is 188 g/mol. The van der Waals surface area contributed by atoms with Crippen LogP contribution in [0.2, 0.25) is 0 Å². The first-order valence-electron chi connectivity index (χ1n) is 3.74. The fourth-order valence-corrected chi connectivity index (χ4v) is 1.37. The van der Waals surface area contributed by atoms with E-state index in [2.05, 4.69) is 0 Å². The van der Waals surface area contributed by atoms with Crippen molar-refractivity contribution in [2.24, 2.45) is 0 Å². The van der Waals surface area contributed by atoms with Gasteiger partial charge in [-0.15, -0.1) is 4.85 Å². The van der Waals surface area contributed by atoms with E-state index in [1.807, 2.05) is 0 Å². The van der Waals surface area contributed by atoms with Gasteiger partial charge in [0.25, 0.3) is 0 Å². The highest BCUT2D eigenvalue weighted by Gasteiger charge is 2.18. The van der Waals surface area contributed by atoms with Crippen molar-refractivity contribution in [3.05, 3.63) is 17.3 Å². The molecular formula is C7H8N4O3. The molecule has 0 amide bonds. The van der Waals surface area contributed by atoms with Crippen molar-refractivity contribution in [2.45, 2.75) is 0 Å². The zero-order valence-corrected chi connectivity index (χ0v) is 7.01. The molecule has 0 fully saturated rings. The van der Waals surface area contributed by atoms with E-state index in [9.17, 15) is 15.5 Å². The van der Waals surface area contributed by atoms with Gasteiger partial charge in [0.15, 0.2) is 0 Å². The molecule has 2 rings (SSSR count). The van der Waals surface area contributed by atoms with Gasteiger partial charge >= 0.3 is 5.82 Å². The summed E-state index contributed by atoms with van der Waals surface area (Å²) in [5.74, 6) is -0.358. The summed E-state index contributed by atoms with van der Waals surface area (Å²) in [6.07, 6.45) is 0. The Kier molecular flexibility index (Phi) is 1.39. The van der Waals surface area contributed by atoms with Gasteiger partial charge in [0.05, 0.1) is 5.69 Å². The van der Waals surface area contributed by atoms with Crippen LogP contribution in [0.4, 0.5) is 11.5 Å². The van der Waals surface area contributed by atoms with Crippen LogP contribution in [0.1, 0.15) is 0 Å². The van der Waals surface area contributed by atoms with Gasteiger partial charge in [0, 0.05) is 12.1 Å². The summed E-state index contributed by atoms with van der Waals surface area (Å²) in [7, 11) is 0. The molecule has 2 aromatic rings. The molecule has 0 spiro atoms. The smallest absolute Gasteiger partial charge is 0.309 e. The van der Waals surface area contributed by atoms with Crippen molar-refractivity contribution in [3.63, 3.8) is 0 Å². The lowest BCUT2D eigenvalue weighted by atomic mass is 10.2. The SMILES string of the molecule is Nc1cc(O)cc2c1c(N)[n+]([O-])n2O. The summed E-state index contributed by atoms with van der Waals surface area (Å²) < 4.78 is 0. The van der Waals surface area contributed by atoms with Crippen molar-refractivity contribution in [1.29, 1.82) is 0 Å². The minimum absolute atomic E-state index is 0.0648. The molecule has 0 atom stereocenters. The summed E-state index contributed by atoms with van der Waals surface area (Å²) in [5, 5.41) is 29.8. The highest BCUT2D eigenvalue weighted by Crippen LogP contribution is 2.29. The largest absolute Gasteiger partial charge is 0.690 e. The number of aromatic hydroxyl groups is 1. The first kappa shape index (κ1) is 8.30. The standard InChI is InChI=1S/C7H8N4O3/c8-4-1-3(12)2-5-6(4)7(9)11(14)10(5)13/h1-2,12-13H,8-9H2. The Labute approximate surface area is 77.9 Å². The van der Waals surface area contributed by atoms with Crippen LogP contribution in [-0.4, -0.2) is 15.2 Å². The molecule has 0 radical (unpaired) electrons. The van der Waals surface area contributed by atoms with Gasteiger partial charge in [-0.25, -0.2) is 0 Å². The van der Waals surface area contributed by atoms with Gasteiger partial charge in [0.1, 0.15) is 16.7 Å². The molecule has 0 saturated heterocycles. The fraction of sp³-hybridized carbons (Fsp3) is 0. The normalized spacial score (nSPS) is 10.9. The van der Waals surface area contributed by atoms with Gasteiger partial charge in [-0.1, -0.05) is 0 Å². The average molecular weight is 196 g/mol. The van der Waals surface area contributed by atoms with E-state index in [0.717, 1.165) is 0 Å². The maximum atomic E-state index is 11.1. The third-order valence-corrected chi connectivity index (χ3v) is 1.98. The van der Waals surface area contributed by atoms with Crippen molar-refractivity contribution < 1.29 is 15.2 Å². The Bertz CT molecular complexity index is 519. The second-order valence-electron chi connectivity index (χ2n) is 2.88. The maximum absolute atomic E-state index is 11.1. The number of hydrogen-bond acceptors (Lipinski definition) is 5. The van der Waals surface area contributed by atoms with Crippen LogP contribution in [0, 0.1) is 5.21 Å². The van der Waals surface area contributed by atoms with Gasteiger partial charge in [-0.2, -0.15) is 0 Å². The molecule has 6 N–H and O–H groups in total. The molecule has 0 unspecified atom stereocenters. The predicted octanol–water partition coefficient (Wildman–Crippen LogP) is -0.618. The number of benzene rings is 1. The number of hydrogen-bond donors (Lipinski definition) is 4. The monoisotopic (exact) mass is 196 g/mol. The number of anilines is 2. The van der Waals surface area contributed by atoms with E-state index in [1.54, 1.807) is 0 Å². The highest BCUT2D eigenvalue weighted by atomic mass is 16.6. The molecule has 7 heteroatoms. The summed E-state index contributed by atoms with van der Waals surface area (Å²) in [5.41, 5.74) is 11.1. The highest BCUT2D eigenvalue weighted by molar-refractivity contribution is 5.98. The van der Waals surface area contributed by atoms with Crippen LogP contribution in [0.15, 0.2) is 12.1 Å². The number of nitrogen functional groups attached to an aromatic ring is 2. The fourth-order valence-electron chi connectivity index (χ4n) is 1.37. The topological polar surface area (TPSA) is 124 Å². The zero-order valence-electron chi connectivity index (χ0n) is 7.01. The van der Waals surface area contributed by atoms with Crippen LogP contribution in [0.3, 0.4) is 0 Å². The van der Waals surface area contributed by atoms with E-state index in [0.29, 0.717) is 0 Å². The van der Waals surface area contributed by atoms with Crippen LogP contribution in [0.5, 0.6) is 5.75 Å². The Balaban J connectivity index is 3.02. The van der Waals surface area contributed by atoms with E-state index in [-0.39, 0.29) is 37.8 Å². The lowest BCUT2D eigenvalue weighted by Gasteiger charge is -2.00. The van der Waals surface area contributed by atoms with E-state index < -0.39 is 0 Å². The number of phenols is 1. The molecule has 7 nitrogen and oxygen atoms in total. The first-order chi connectivity index (χ1) is 6.52. The van der Waals surface area contributed by atoms with Gasteiger partial charge in [-0.05, 0) is 4.85 Å². The van der Waals surface area contributed by atoms with Crippen molar-refractivity contribution >= 4 is 22.4 Å². The van der Waals surface area contributed by atoms with Gasteiger partial charge < -0.3 is 21.3 Å². The molecule has 14 heavy (non-hydrogen) atoms. The van der Waals surface area contributed by atoms with Crippen LogP contribution in [-0.2, 0) is 0 Å². The van der Waals surface area contributed by atoms with Gasteiger partial charge in [-0.3, -0.25) is 5.73 Å². The Morgan fingerprint density at radius 3 is 2.64 bits per heavy atom. The molecule has 0 aliphatic carbocycles. The van der Waals surface area contributed by atoms with E-state index >= 15 is 0 Å². The molecule has 0 aliphatic heterocycles. The zero-order chi connectivity index (χ0) is 10.5. The van der Waals surface area contributed by atoms with Crippen LogP contribution in [0.25, 0.3) is 10.9 Å². The predicted molar refractivity (Wildman–Crippen MR) is 48.6 cm³/mol. The quantitative estimate of drug-likeness (QED) is 0.193. The molecule has 0 bridgehead atoms. The van der Waals surface area contributed by atoms with Gasteiger partial charge in [0.2, 0.25) is 0 Å². The lowest BCUT2D eigenvalue weighted by molar-refractivity contribution is -0.709. The summed E-state index contributed by atoms with van der Waals surface area (Å²) in [6, 6.07) is 2.44. The summed E-state index contributed by atoms with van der Waals surface area (Å²) in [6.45, 7) is 0. The first-order valence-corrected chi connectivity index (χ1v) is 3.74. The molecule has 1 aromatic carbocycles. The molecule has 0 saturated carbocycles. The molecule has 1 heterocycles. The minimum atomic E-state index is -0.208. The summed E-state index contributed by atoms with van der Waals surface area (Å²) >= 11 is 0. The minimum Gasteiger partial charge on any atom is -0.690 e. The third kappa shape index (κ3) is 0.830. The molecule has 1 aromatic heterocycles. The van der Waals surface area contributed by atoms with E-state index in [1.165, 1.54) is 12.1 Å². The number of rotatable bonds is 0. The second kappa shape index (κ2) is 2.34. The van der Waals surface area contributed by atoms with Crippen molar-refractivity contribution in [3.8, 4) is 5.75 Å². The van der Waals surface area contributed by atoms with Crippen molar-refractivity contribution in [2.75, 3.05) is 11.5 Å². The van der Waals surface area contributed by atoms with Crippen LogP contribution >= 0.6 is 0 Å². The number of nitrogens with zero attached hydrogens (tertiary/aromatic N) is 2. The lowest BCUT2D eigenvalue weighted by Crippen LogP contribution is -2.38. The number of phenolic OH excluding ortho intramolecular Hbond substituents is 1. The number of aromatic nitrogens is 2. The number of nitrogens with two attached hydrogens (primary N) is 2. The molecule has 74 valence electrons. The van der Waals surface area contributed by atoms with Crippen molar-refractivity contribution in [1.82, 2.24) is 4.85 Å². The Morgan fingerprint density at radius 2 is 2.00 bits per heavy atom. The Hall–Kier alpha value is -2.31. The average Bonchev–Trinajstić information content (AvgIpc) is 2.31. The van der Waals surface area contributed by atoms with E-state index in [4.69, 9.17) is 11.5 Å².